The van der Waals surface area contributed by atoms with Crippen molar-refractivity contribution in [2.45, 2.75) is 32.4 Å². The van der Waals surface area contributed by atoms with Gasteiger partial charge in [0.05, 0.1) is 0 Å². The molecule has 0 fully saturated rings. The molecule has 0 aromatic carbocycles. The van der Waals surface area contributed by atoms with E-state index >= 15 is 0 Å². The van der Waals surface area contributed by atoms with Gasteiger partial charge in [0.25, 0.3) is 0 Å². The van der Waals surface area contributed by atoms with Gasteiger partial charge in [-0.15, -0.1) is 0 Å². The Morgan fingerprint density at radius 2 is 1.67 bits per heavy atom. The van der Waals surface area contributed by atoms with Crippen molar-refractivity contribution in [1.29, 1.82) is 0 Å². The van der Waals surface area contributed by atoms with Crippen LogP contribution in [0.1, 0.15) is 20.8 Å². The van der Waals surface area contributed by atoms with E-state index in [-0.39, 0.29) is 0 Å². The average molecular weight is 258 g/mol. The first-order valence-electron chi connectivity index (χ1n) is 4.31. The molecule has 0 amide bonds. The molecule has 6 nitrogen and oxygen atoms in total. The fourth-order valence-corrected chi connectivity index (χ4v) is 4.28. The van der Waals surface area contributed by atoms with Gasteiger partial charge in [0.2, 0.25) is 10.0 Å². The van der Waals surface area contributed by atoms with E-state index in [1.165, 1.54) is 0 Å². The standard InChI is InChI=1S/C7H18N2O4S2/c1-6(8)7(2,3)9-15(12,13)5-14(4,10)11/h6,9H,5,8H2,1-4H3. The number of nitrogens with two attached hydrogens (primary N) is 1. The lowest BCUT2D eigenvalue weighted by Gasteiger charge is -2.29. The second-order valence-electron chi connectivity index (χ2n) is 4.27. The maximum absolute atomic E-state index is 11.4. The fourth-order valence-electron chi connectivity index (χ4n) is 0.805. The van der Waals surface area contributed by atoms with Gasteiger partial charge in [-0.05, 0) is 20.8 Å². The monoisotopic (exact) mass is 258 g/mol. The lowest BCUT2D eigenvalue weighted by molar-refractivity contribution is 0.388. The van der Waals surface area contributed by atoms with Gasteiger partial charge in [0, 0.05) is 17.8 Å². The minimum absolute atomic E-state index is 0.424. The summed E-state index contributed by atoms with van der Waals surface area (Å²) in [6.45, 7) is 4.83. The minimum atomic E-state index is -3.86. The van der Waals surface area contributed by atoms with E-state index in [1.54, 1.807) is 20.8 Å². The van der Waals surface area contributed by atoms with Gasteiger partial charge in [-0.1, -0.05) is 0 Å². The van der Waals surface area contributed by atoms with Crippen LogP contribution in [0.2, 0.25) is 0 Å². The van der Waals surface area contributed by atoms with Crippen molar-refractivity contribution in [3.63, 3.8) is 0 Å². The average Bonchev–Trinajstić information content (AvgIpc) is 1.75. The number of nitrogens with one attached hydrogen (secondary N) is 1. The second kappa shape index (κ2) is 4.36. The van der Waals surface area contributed by atoms with Crippen LogP contribution < -0.4 is 10.5 Å². The van der Waals surface area contributed by atoms with Gasteiger partial charge in [-0.3, -0.25) is 0 Å². The van der Waals surface area contributed by atoms with Crippen LogP contribution in [0.3, 0.4) is 0 Å². The maximum Gasteiger partial charge on any atom is 0.226 e. The predicted octanol–water partition coefficient (Wildman–Crippen LogP) is -0.966. The van der Waals surface area contributed by atoms with Gasteiger partial charge in [0.15, 0.2) is 14.9 Å². The van der Waals surface area contributed by atoms with E-state index < -0.39 is 36.5 Å². The van der Waals surface area contributed by atoms with Crippen LogP contribution in [0.15, 0.2) is 0 Å². The van der Waals surface area contributed by atoms with E-state index in [9.17, 15) is 16.8 Å². The smallest absolute Gasteiger partial charge is 0.226 e. The normalized spacial score (nSPS) is 16.3. The van der Waals surface area contributed by atoms with Crippen molar-refractivity contribution < 1.29 is 16.8 Å². The van der Waals surface area contributed by atoms with E-state index in [2.05, 4.69) is 4.72 Å². The Bertz CT molecular complexity index is 408. The number of sulfonamides is 1. The molecule has 0 aliphatic rings. The first-order valence-corrected chi connectivity index (χ1v) is 8.02. The minimum Gasteiger partial charge on any atom is -0.326 e. The van der Waals surface area contributed by atoms with Crippen molar-refractivity contribution in [1.82, 2.24) is 4.72 Å². The maximum atomic E-state index is 11.4. The molecule has 8 heteroatoms. The Hall–Kier alpha value is -0.180. The second-order valence-corrected chi connectivity index (χ2v) is 8.50. The molecule has 0 saturated heterocycles. The third kappa shape index (κ3) is 6.08. The summed E-state index contributed by atoms with van der Waals surface area (Å²) in [5.74, 6) is 0. The van der Waals surface area contributed by atoms with Crippen LogP contribution in [0.5, 0.6) is 0 Å². The van der Waals surface area contributed by atoms with Gasteiger partial charge >= 0.3 is 0 Å². The Kier molecular flexibility index (Phi) is 4.31. The van der Waals surface area contributed by atoms with Gasteiger partial charge in [-0.25, -0.2) is 21.6 Å². The Labute approximate surface area is 91.2 Å². The summed E-state index contributed by atoms with van der Waals surface area (Å²) in [4.78, 5) is 0. The molecular weight excluding hydrogens is 240 g/mol. The molecule has 0 bridgehead atoms. The van der Waals surface area contributed by atoms with Crippen molar-refractivity contribution in [2.24, 2.45) is 5.73 Å². The van der Waals surface area contributed by atoms with Crippen molar-refractivity contribution in [2.75, 3.05) is 11.3 Å². The van der Waals surface area contributed by atoms with Crippen LogP contribution in [0.4, 0.5) is 0 Å². The lowest BCUT2D eigenvalue weighted by atomic mass is 9.99. The highest BCUT2D eigenvalue weighted by Crippen LogP contribution is 2.09. The van der Waals surface area contributed by atoms with Crippen LogP contribution in [0, 0.1) is 0 Å². The van der Waals surface area contributed by atoms with E-state index in [1.807, 2.05) is 0 Å². The molecule has 1 unspecified atom stereocenters. The first-order chi connectivity index (χ1) is 6.36. The highest BCUT2D eigenvalue weighted by Gasteiger charge is 2.30. The fraction of sp³-hybridized carbons (Fsp3) is 1.00. The van der Waals surface area contributed by atoms with Gasteiger partial charge in [-0.2, -0.15) is 0 Å². The predicted molar refractivity (Wildman–Crippen MR) is 59.5 cm³/mol. The molecule has 0 rings (SSSR count). The summed E-state index contributed by atoms with van der Waals surface area (Å²) in [5.41, 5.74) is 4.69. The molecule has 0 aromatic rings. The van der Waals surface area contributed by atoms with Gasteiger partial charge in [0.1, 0.15) is 0 Å². The van der Waals surface area contributed by atoms with Crippen molar-refractivity contribution >= 4 is 19.9 Å². The molecule has 3 N–H and O–H groups in total. The Balaban J connectivity index is 4.82. The van der Waals surface area contributed by atoms with E-state index in [0.29, 0.717) is 0 Å². The molecular formula is C7H18N2O4S2. The van der Waals surface area contributed by atoms with Crippen LogP contribution in [-0.4, -0.2) is 39.8 Å². The highest BCUT2D eigenvalue weighted by atomic mass is 32.3. The molecule has 0 aromatic heterocycles. The molecule has 92 valence electrons. The highest BCUT2D eigenvalue weighted by molar-refractivity contribution is 8.06. The molecule has 0 radical (unpaired) electrons. The molecule has 15 heavy (non-hydrogen) atoms. The zero-order chi connectivity index (χ0) is 12.5. The summed E-state index contributed by atoms with van der Waals surface area (Å²) >= 11 is 0. The Morgan fingerprint density at radius 1 is 1.27 bits per heavy atom. The zero-order valence-corrected chi connectivity index (χ0v) is 10.9. The van der Waals surface area contributed by atoms with Crippen LogP contribution >= 0.6 is 0 Å². The summed E-state index contributed by atoms with van der Waals surface area (Å²) in [6.07, 6.45) is 0.866. The third-order valence-corrected chi connectivity index (χ3v) is 5.72. The summed E-state index contributed by atoms with van der Waals surface area (Å²) in [6, 6.07) is -0.424. The van der Waals surface area contributed by atoms with E-state index in [0.717, 1.165) is 6.26 Å². The largest absolute Gasteiger partial charge is 0.326 e. The summed E-state index contributed by atoms with van der Waals surface area (Å²) in [5, 5.41) is -0.920. The summed E-state index contributed by atoms with van der Waals surface area (Å²) in [7, 11) is -7.43. The lowest BCUT2D eigenvalue weighted by Crippen LogP contribution is -2.55. The zero-order valence-electron chi connectivity index (χ0n) is 9.31. The first kappa shape index (κ1) is 14.8. The summed E-state index contributed by atoms with van der Waals surface area (Å²) < 4.78 is 46.8. The number of hydrogen-bond acceptors (Lipinski definition) is 5. The van der Waals surface area contributed by atoms with Gasteiger partial charge < -0.3 is 5.73 Å². The number of hydrogen-bond donors (Lipinski definition) is 2. The molecule has 0 spiro atoms. The molecule has 0 saturated carbocycles. The number of sulfone groups is 1. The number of rotatable bonds is 5. The molecule has 0 heterocycles. The quantitative estimate of drug-likeness (QED) is 0.660. The SMILES string of the molecule is CC(N)C(C)(C)NS(=O)(=O)CS(C)(=O)=O. The third-order valence-electron chi connectivity index (χ3n) is 1.93. The van der Waals surface area contributed by atoms with E-state index in [4.69, 9.17) is 5.73 Å². The van der Waals surface area contributed by atoms with Crippen molar-refractivity contribution in [3.05, 3.63) is 0 Å². The molecule has 1 atom stereocenters. The van der Waals surface area contributed by atoms with Crippen LogP contribution in [-0.2, 0) is 19.9 Å². The topological polar surface area (TPSA) is 106 Å². The Morgan fingerprint density at radius 3 is 1.93 bits per heavy atom. The molecule has 0 aliphatic carbocycles. The van der Waals surface area contributed by atoms with Crippen LogP contribution in [0.25, 0.3) is 0 Å². The van der Waals surface area contributed by atoms with Crippen molar-refractivity contribution in [3.8, 4) is 0 Å². The molecule has 0 aliphatic heterocycles.